The summed E-state index contributed by atoms with van der Waals surface area (Å²) >= 11 is 0. The number of hydrogen-bond donors (Lipinski definition) is 3. The highest BCUT2D eigenvalue weighted by atomic mass is 19.1. The summed E-state index contributed by atoms with van der Waals surface area (Å²) in [6.07, 6.45) is 4.24. The number of amides is 1. The van der Waals surface area contributed by atoms with Crippen LogP contribution in [0.15, 0.2) is 31.0 Å². The molecule has 0 aromatic carbocycles. The Morgan fingerprint density at radius 3 is 2.74 bits per heavy atom. The largest absolute Gasteiger partial charge is 0.465 e. The van der Waals surface area contributed by atoms with Crippen LogP contribution in [0.3, 0.4) is 0 Å². The number of anilines is 2. The van der Waals surface area contributed by atoms with E-state index >= 15 is 0 Å². The lowest BCUT2D eigenvalue weighted by Gasteiger charge is -2.10. The van der Waals surface area contributed by atoms with E-state index in [2.05, 4.69) is 25.6 Å². The van der Waals surface area contributed by atoms with Gasteiger partial charge in [0, 0.05) is 30.6 Å². The van der Waals surface area contributed by atoms with E-state index in [1.54, 1.807) is 12.4 Å². The molecule has 0 bridgehead atoms. The summed E-state index contributed by atoms with van der Waals surface area (Å²) < 4.78 is 13.1. The van der Waals surface area contributed by atoms with Gasteiger partial charge in [0.15, 0.2) is 5.82 Å². The van der Waals surface area contributed by atoms with Crippen LogP contribution in [0.4, 0.5) is 20.7 Å². The van der Waals surface area contributed by atoms with E-state index in [0.717, 1.165) is 17.8 Å². The molecule has 0 atom stereocenters. The van der Waals surface area contributed by atoms with E-state index in [0.29, 0.717) is 6.54 Å². The molecule has 0 aliphatic heterocycles. The molecule has 2 rings (SSSR count). The molecule has 19 heavy (non-hydrogen) atoms. The van der Waals surface area contributed by atoms with Crippen molar-refractivity contribution in [1.82, 2.24) is 15.0 Å². The van der Waals surface area contributed by atoms with Gasteiger partial charge in [0.1, 0.15) is 12.1 Å². The van der Waals surface area contributed by atoms with Gasteiger partial charge in [0.05, 0.1) is 11.9 Å². The van der Waals surface area contributed by atoms with Crippen LogP contribution in [-0.4, -0.2) is 26.2 Å². The molecule has 0 fully saturated rings. The zero-order chi connectivity index (χ0) is 13.7. The molecule has 98 valence electrons. The molecule has 0 saturated carbocycles. The summed E-state index contributed by atoms with van der Waals surface area (Å²) in [4.78, 5) is 21.9. The number of pyridine rings is 1. The number of nitrogens with one attached hydrogen (secondary N) is 2. The van der Waals surface area contributed by atoms with Gasteiger partial charge in [-0.05, 0) is 0 Å². The van der Waals surface area contributed by atoms with Crippen LogP contribution in [0.5, 0.6) is 0 Å². The van der Waals surface area contributed by atoms with Crippen LogP contribution < -0.4 is 10.6 Å². The maximum atomic E-state index is 13.1. The summed E-state index contributed by atoms with van der Waals surface area (Å²) in [7, 11) is 0. The first kappa shape index (κ1) is 12.7. The average Bonchev–Trinajstić information content (AvgIpc) is 2.40. The fourth-order valence-electron chi connectivity index (χ4n) is 1.39. The van der Waals surface area contributed by atoms with Gasteiger partial charge in [-0.3, -0.25) is 5.32 Å². The lowest BCUT2D eigenvalue weighted by molar-refractivity contribution is 0.209. The number of carboxylic acid groups (broad SMARTS) is 1. The van der Waals surface area contributed by atoms with Gasteiger partial charge in [0.25, 0.3) is 0 Å². The van der Waals surface area contributed by atoms with Crippen molar-refractivity contribution in [3.05, 3.63) is 42.4 Å². The van der Waals surface area contributed by atoms with Crippen molar-refractivity contribution < 1.29 is 14.3 Å². The maximum Gasteiger partial charge on any atom is 0.410 e. The van der Waals surface area contributed by atoms with Gasteiger partial charge in [0.2, 0.25) is 0 Å². The summed E-state index contributed by atoms with van der Waals surface area (Å²) in [5.74, 6) is -0.534. The third-order valence-corrected chi connectivity index (χ3v) is 2.18. The van der Waals surface area contributed by atoms with Gasteiger partial charge in [-0.1, -0.05) is 0 Å². The molecular weight excluding hydrogens is 253 g/mol. The summed E-state index contributed by atoms with van der Waals surface area (Å²) in [6.45, 7) is 0.320. The highest BCUT2D eigenvalue weighted by Gasteiger charge is 2.08. The molecule has 0 aliphatic rings. The highest BCUT2D eigenvalue weighted by molar-refractivity contribution is 5.86. The molecule has 0 radical (unpaired) electrons. The van der Waals surface area contributed by atoms with E-state index in [1.165, 1.54) is 6.33 Å². The number of carbonyl (C=O) groups is 1. The predicted octanol–water partition coefficient (Wildman–Crippen LogP) is 1.71. The third-order valence-electron chi connectivity index (χ3n) is 2.18. The molecular formula is C11H10FN5O2. The Labute approximate surface area is 107 Å². The van der Waals surface area contributed by atoms with E-state index in [9.17, 15) is 9.18 Å². The summed E-state index contributed by atoms with van der Waals surface area (Å²) in [5.41, 5.74) is 1.01. The van der Waals surface area contributed by atoms with Crippen molar-refractivity contribution in [3.8, 4) is 0 Å². The van der Waals surface area contributed by atoms with E-state index in [4.69, 9.17) is 5.11 Å². The zero-order valence-corrected chi connectivity index (χ0v) is 9.67. The number of hydrogen-bond acceptors (Lipinski definition) is 5. The van der Waals surface area contributed by atoms with E-state index < -0.39 is 11.9 Å². The Kier molecular flexibility index (Phi) is 3.81. The van der Waals surface area contributed by atoms with Gasteiger partial charge in [-0.25, -0.2) is 24.1 Å². The van der Waals surface area contributed by atoms with Crippen molar-refractivity contribution in [3.63, 3.8) is 0 Å². The molecule has 2 heterocycles. The Morgan fingerprint density at radius 2 is 2.05 bits per heavy atom. The molecule has 3 N–H and O–H groups in total. The van der Waals surface area contributed by atoms with E-state index in [-0.39, 0.29) is 11.5 Å². The predicted molar refractivity (Wildman–Crippen MR) is 65.2 cm³/mol. The fraction of sp³-hybridized carbons (Fsp3) is 0.0909. The van der Waals surface area contributed by atoms with Gasteiger partial charge in [-0.2, -0.15) is 0 Å². The molecule has 0 saturated heterocycles. The Hall–Kier alpha value is -2.77. The molecule has 0 aliphatic carbocycles. The normalized spacial score (nSPS) is 9.95. The minimum Gasteiger partial charge on any atom is -0.465 e. The number of rotatable bonds is 4. The number of aromatic nitrogens is 3. The third kappa shape index (κ3) is 3.60. The smallest absolute Gasteiger partial charge is 0.410 e. The van der Waals surface area contributed by atoms with Gasteiger partial charge < -0.3 is 10.4 Å². The van der Waals surface area contributed by atoms with Crippen LogP contribution in [0.2, 0.25) is 0 Å². The standard InChI is InChI=1S/C11H10FN5O2/c12-8-1-9(10(16-5-8)17-11(18)19)15-4-7-2-13-6-14-3-7/h1-3,5-6,15H,4H2,(H,16,17)(H,18,19). The molecule has 8 heteroatoms. The van der Waals surface area contributed by atoms with Crippen molar-refractivity contribution in [2.75, 3.05) is 10.6 Å². The number of nitrogens with zero attached hydrogens (tertiary/aromatic N) is 3. The minimum atomic E-state index is -1.27. The highest BCUT2D eigenvalue weighted by Crippen LogP contribution is 2.20. The van der Waals surface area contributed by atoms with E-state index in [1.807, 2.05) is 0 Å². The topological polar surface area (TPSA) is 100 Å². The Morgan fingerprint density at radius 1 is 1.32 bits per heavy atom. The first-order valence-corrected chi connectivity index (χ1v) is 5.28. The molecule has 7 nitrogen and oxygen atoms in total. The molecule has 0 unspecified atom stereocenters. The van der Waals surface area contributed by atoms with Crippen LogP contribution in [0, 0.1) is 5.82 Å². The second-order valence-corrected chi connectivity index (χ2v) is 3.58. The first-order chi connectivity index (χ1) is 9.15. The SMILES string of the molecule is O=C(O)Nc1ncc(F)cc1NCc1cncnc1. The van der Waals surface area contributed by atoms with Crippen LogP contribution in [0.1, 0.15) is 5.56 Å². The second-order valence-electron chi connectivity index (χ2n) is 3.58. The van der Waals surface area contributed by atoms with Crippen molar-refractivity contribution >= 4 is 17.6 Å². The minimum absolute atomic E-state index is 0.0331. The van der Waals surface area contributed by atoms with Gasteiger partial charge in [-0.15, -0.1) is 0 Å². The Balaban J connectivity index is 2.14. The van der Waals surface area contributed by atoms with Crippen molar-refractivity contribution in [2.24, 2.45) is 0 Å². The lowest BCUT2D eigenvalue weighted by atomic mass is 10.3. The fourth-order valence-corrected chi connectivity index (χ4v) is 1.39. The zero-order valence-electron chi connectivity index (χ0n) is 9.67. The summed E-state index contributed by atoms with van der Waals surface area (Å²) in [5, 5.41) is 13.6. The number of halogens is 1. The molecule has 2 aromatic heterocycles. The molecule has 0 spiro atoms. The lowest BCUT2D eigenvalue weighted by Crippen LogP contribution is -2.12. The van der Waals surface area contributed by atoms with Crippen LogP contribution >= 0.6 is 0 Å². The van der Waals surface area contributed by atoms with Gasteiger partial charge >= 0.3 is 6.09 Å². The van der Waals surface area contributed by atoms with Crippen molar-refractivity contribution in [2.45, 2.75) is 6.54 Å². The quantitative estimate of drug-likeness (QED) is 0.776. The monoisotopic (exact) mass is 263 g/mol. The second kappa shape index (κ2) is 5.71. The maximum absolute atomic E-state index is 13.1. The van der Waals surface area contributed by atoms with Crippen LogP contribution in [0.25, 0.3) is 0 Å². The van der Waals surface area contributed by atoms with Crippen LogP contribution in [-0.2, 0) is 6.54 Å². The summed E-state index contributed by atoms with van der Waals surface area (Å²) in [6, 6.07) is 1.15. The Bertz CT molecular complexity index is 579. The first-order valence-electron chi connectivity index (χ1n) is 5.28. The van der Waals surface area contributed by atoms with Crippen molar-refractivity contribution in [1.29, 1.82) is 0 Å². The molecule has 2 aromatic rings. The molecule has 1 amide bonds. The average molecular weight is 263 g/mol.